The van der Waals surface area contributed by atoms with Crippen LogP contribution in [0.2, 0.25) is 0 Å². The van der Waals surface area contributed by atoms with Gasteiger partial charge in [-0.1, -0.05) is 6.07 Å². The molecule has 176 valence electrons. The van der Waals surface area contributed by atoms with Crippen molar-refractivity contribution in [2.75, 3.05) is 27.4 Å². The SMILES string of the molecule is COc1ccc(OCCOc2ccc3c(c2)C(=O)C(c2cccnc2)=C3c2ccoc2)cc1OC. The molecule has 5 rings (SSSR count). The van der Waals surface area contributed by atoms with Crippen LogP contribution in [0.5, 0.6) is 23.0 Å². The smallest absolute Gasteiger partial charge is 0.195 e. The van der Waals surface area contributed by atoms with E-state index >= 15 is 0 Å². The first kappa shape index (κ1) is 22.3. The molecule has 0 radical (unpaired) electrons. The second-order valence-electron chi connectivity index (χ2n) is 7.75. The van der Waals surface area contributed by atoms with E-state index in [9.17, 15) is 4.79 Å². The van der Waals surface area contributed by atoms with Gasteiger partial charge in [0, 0.05) is 46.3 Å². The summed E-state index contributed by atoms with van der Waals surface area (Å²) >= 11 is 0. The van der Waals surface area contributed by atoms with Crippen LogP contribution in [-0.4, -0.2) is 38.2 Å². The molecule has 7 heteroatoms. The highest BCUT2D eigenvalue weighted by Crippen LogP contribution is 2.43. The van der Waals surface area contributed by atoms with Gasteiger partial charge in [0.15, 0.2) is 17.3 Å². The lowest BCUT2D eigenvalue weighted by molar-refractivity contribution is 0.105. The van der Waals surface area contributed by atoms with Crippen LogP contribution in [0.1, 0.15) is 27.0 Å². The lowest BCUT2D eigenvalue weighted by Crippen LogP contribution is -2.09. The monoisotopic (exact) mass is 469 g/mol. The van der Waals surface area contributed by atoms with Crippen LogP contribution < -0.4 is 18.9 Å². The zero-order valence-electron chi connectivity index (χ0n) is 19.3. The van der Waals surface area contributed by atoms with Gasteiger partial charge in [-0.25, -0.2) is 0 Å². The van der Waals surface area contributed by atoms with Gasteiger partial charge in [0.2, 0.25) is 0 Å². The molecule has 2 heterocycles. The predicted octanol–water partition coefficient (Wildman–Crippen LogP) is 5.31. The van der Waals surface area contributed by atoms with Crippen molar-refractivity contribution in [3.8, 4) is 23.0 Å². The molecule has 0 atom stereocenters. The van der Waals surface area contributed by atoms with Crippen molar-refractivity contribution >= 4 is 16.9 Å². The molecule has 0 fully saturated rings. The van der Waals surface area contributed by atoms with E-state index in [1.165, 1.54) is 0 Å². The second-order valence-corrected chi connectivity index (χ2v) is 7.75. The number of rotatable bonds is 9. The highest BCUT2D eigenvalue weighted by Gasteiger charge is 2.32. The minimum absolute atomic E-state index is 0.0729. The number of carbonyl (C=O) groups is 1. The third-order valence-electron chi connectivity index (χ3n) is 5.72. The van der Waals surface area contributed by atoms with Gasteiger partial charge >= 0.3 is 0 Å². The summed E-state index contributed by atoms with van der Waals surface area (Å²) in [6, 6.07) is 16.4. The lowest BCUT2D eigenvalue weighted by Gasteiger charge is -2.12. The number of allylic oxidation sites excluding steroid dienone is 1. The van der Waals surface area contributed by atoms with Gasteiger partial charge in [-0.15, -0.1) is 0 Å². The molecule has 2 aromatic carbocycles. The molecule has 7 nitrogen and oxygen atoms in total. The summed E-state index contributed by atoms with van der Waals surface area (Å²) in [4.78, 5) is 17.7. The first-order chi connectivity index (χ1) is 17.2. The van der Waals surface area contributed by atoms with Gasteiger partial charge in [-0.3, -0.25) is 9.78 Å². The number of pyridine rings is 1. The van der Waals surface area contributed by atoms with Gasteiger partial charge in [0.25, 0.3) is 0 Å². The third-order valence-corrected chi connectivity index (χ3v) is 5.72. The van der Waals surface area contributed by atoms with Crippen molar-refractivity contribution in [3.05, 3.63) is 102 Å². The molecule has 2 aromatic heterocycles. The number of benzene rings is 2. The quantitative estimate of drug-likeness (QED) is 0.308. The number of Topliss-reactive ketones (excluding diaryl/α,β-unsaturated/α-hetero) is 1. The number of aromatic nitrogens is 1. The van der Waals surface area contributed by atoms with Crippen molar-refractivity contribution < 1.29 is 28.2 Å². The van der Waals surface area contributed by atoms with Crippen molar-refractivity contribution in [1.82, 2.24) is 4.98 Å². The Morgan fingerprint density at radius 2 is 1.57 bits per heavy atom. The van der Waals surface area contributed by atoms with E-state index in [0.717, 1.165) is 22.3 Å². The Balaban J connectivity index is 1.32. The summed E-state index contributed by atoms with van der Waals surface area (Å²) in [5, 5.41) is 0. The predicted molar refractivity (Wildman–Crippen MR) is 130 cm³/mol. The summed E-state index contributed by atoms with van der Waals surface area (Å²) in [5.74, 6) is 2.38. The number of hydrogen-bond donors (Lipinski definition) is 0. The third kappa shape index (κ3) is 4.36. The molecular formula is C28H23NO6. The number of carbonyl (C=O) groups excluding carboxylic acids is 1. The molecule has 0 saturated carbocycles. The number of furan rings is 1. The fourth-order valence-corrected chi connectivity index (χ4v) is 4.12. The maximum absolute atomic E-state index is 13.5. The maximum atomic E-state index is 13.5. The number of fused-ring (bicyclic) bond motifs is 1. The van der Waals surface area contributed by atoms with Gasteiger partial charge in [-0.05, 0) is 48.0 Å². The zero-order chi connectivity index (χ0) is 24.2. The maximum Gasteiger partial charge on any atom is 0.195 e. The molecule has 1 aliphatic rings. The molecule has 0 aliphatic heterocycles. The molecule has 0 spiro atoms. The Morgan fingerprint density at radius 1 is 0.800 bits per heavy atom. The van der Waals surface area contributed by atoms with Gasteiger partial charge < -0.3 is 23.4 Å². The second kappa shape index (κ2) is 9.77. The van der Waals surface area contributed by atoms with E-state index < -0.39 is 0 Å². The Bertz CT molecular complexity index is 1380. The first-order valence-corrected chi connectivity index (χ1v) is 11.0. The van der Waals surface area contributed by atoms with E-state index in [2.05, 4.69) is 4.98 Å². The van der Waals surface area contributed by atoms with Gasteiger partial charge in [0.1, 0.15) is 24.7 Å². The molecule has 0 unspecified atom stereocenters. The topological polar surface area (TPSA) is 80.0 Å². The summed E-state index contributed by atoms with van der Waals surface area (Å²) in [6.07, 6.45) is 6.62. The van der Waals surface area contributed by atoms with E-state index in [0.29, 0.717) is 47.3 Å². The highest BCUT2D eigenvalue weighted by atomic mass is 16.5. The van der Waals surface area contributed by atoms with Crippen molar-refractivity contribution in [2.45, 2.75) is 0 Å². The van der Waals surface area contributed by atoms with Crippen molar-refractivity contribution in [1.29, 1.82) is 0 Å². The molecular weight excluding hydrogens is 446 g/mol. The van der Waals surface area contributed by atoms with E-state index in [4.69, 9.17) is 23.4 Å². The van der Waals surface area contributed by atoms with Crippen LogP contribution in [0.15, 0.2) is 83.9 Å². The highest BCUT2D eigenvalue weighted by molar-refractivity contribution is 6.41. The molecule has 0 bridgehead atoms. The average molecular weight is 469 g/mol. The molecule has 0 N–H and O–H groups in total. The zero-order valence-corrected chi connectivity index (χ0v) is 19.3. The van der Waals surface area contributed by atoms with E-state index in [-0.39, 0.29) is 5.78 Å². The Hall–Kier alpha value is -4.52. The van der Waals surface area contributed by atoms with Crippen LogP contribution >= 0.6 is 0 Å². The van der Waals surface area contributed by atoms with Crippen LogP contribution in [0.3, 0.4) is 0 Å². The molecule has 0 saturated heterocycles. The Kier molecular flexibility index (Phi) is 6.22. The van der Waals surface area contributed by atoms with Crippen molar-refractivity contribution in [2.24, 2.45) is 0 Å². The normalized spacial score (nSPS) is 12.5. The first-order valence-electron chi connectivity index (χ1n) is 11.0. The van der Waals surface area contributed by atoms with Crippen LogP contribution in [0.25, 0.3) is 11.1 Å². The number of hydrogen-bond acceptors (Lipinski definition) is 7. The summed E-state index contributed by atoms with van der Waals surface area (Å²) in [6.45, 7) is 0.624. The number of methoxy groups -OCH3 is 2. The van der Waals surface area contributed by atoms with Crippen molar-refractivity contribution in [3.63, 3.8) is 0 Å². The average Bonchev–Trinajstić information content (AvgIpc) is 3.53. The Labute approximate surface area is 202 Å². The summed E-state index contributed by atoms with van der Waals surface area (Å²) in [7, 11) is 3.16. The number of ether oxygens (including phenoxy) is 4. The largest absolute Gasteiger partial charge is 0.493 e. The lowest BCUT2D eigenvalue weighted by atomic mass is 9.97. The summed E-state index contributed by atoms with van der Waals surface area (Å²) in [5.41, 5.74) is 4.45. The van der Waals surface area contributed by atoms with Gasteiger partial charge in [-0.2, -0.15) is 0 Å². The molecule has 1 aliphatic carbocycles. The molecule has 4 aromatic rings. The van der Waals surface area contributed by atoms with Crippen LogP contribution in [0.4, 0.5) is 0 Å². The van der Waals surface area contributed by atoms with Crippen LogP contribution in [-0.2, 0) is 0 Å². The standard InChI is InChI=1S/C28H23NO6/c1-31-24-8-6-21(15-25(24)32-2)35-13-12-34-20-5-7-22-23(14-20)28(30)27(18-4-3-10-29-16-18)26(22)19-9-11-33-17-19/h3-11,14-17H,12-13H2,1-2H3. The minimum atomic E-state index is -0.0729. The fraction of sp³-hybridized carbons (Fsp3) is 0.143. The van der Waals surface area contributed by atoms with Crippen LogP contribution in [0, 0.1) is 0 Å². The Morgan fingerprint density at radius 3 is 2.26 bits per heavy atom. The van der Waals surface area contributed by atoms with E-state index in [1.54, 1.807) is 63.4 Å². The number of ketones is 1. The fourth-order valence-electron chi connectivity index (χ4n) is 4.12. The van der Waals surface area contributed by atoms with E-state index in [1.807, 2.05) is 30.3 Å². The minimum Gasteiger partial charge on any atom is -0.493 e. The summed E-state index contributed by atoms with van der Waals surface area (Å²) < 4.78 is 27.5. The molecule has 0 amide bonds. The number of nitrogens with zero attached hydrogens (tertiary/aromatic N) is 1. The molecule has 35 heavy (non-hydrogen) atoms. The van der Waals surface area contributed by atoms with Gasteiger partial charge in [0.05, 0.1) is 26.7 Å².